The molecule has 8 heteroatoms. The molecule has 0 aliphatic heterocycles. The summed E-state index contributed by atoms with van der Waals surface area (Å²) in [6.45, 7) is 8.25. The average Bonchev–Trinajstić information content (AvgIpc) is 3.27. The Bertz CT molecular complexity index is 1340. The van der Waals surface area contributed by atoms with Crippen molar-refractivity contribution in [2.24, 2.45) is 10.7 Å². The zero-order chi connectivity index (χ0) is 24.3. The second kappa shape index (κ2) is 9.51. The van der Waals surface area contributed by atoms with Crippen LogP contribution < -0.4 is 15.8 Å². The van der Waals surface area contributed by atoms with Crippen molar-refractivity contribution in [2.45, 2.75) is 46.0 Å². The number of methoxy groups -OCH3 is 1. The van der Waals surface area contributed by atoms with E-state index < -0.39 is 0 Å². The highest BCUT2D eigenvalue weighted by atomic mass is 16.5. The van der Waals surface area contributed by atoms with Gasteiger partial charge in [0.1, 0.15) is 17.8 Å². The SMILES string of the molecule is CCc1cc2ncnc(Cc3cccc(NC(N)=Nc4cc(C(C)(C)C)on4)c3)c2cc1OC. The number of hydrogen-bond acceptors (Lipinski definition) is 6. The largest absolute Gasteiger partial charge is 0.496 e. The molecule has 4 aromatic rings. The summed E-state index contributed by atoms with van der Waals surface area (Å²) in [4.78, 5) is 13.3. The molecule has 0 spiro atoms. The summed E-state index contributed by atoms with van der Waals surface area (Å²) in [7, 11) is 1.69. The smallest absolute Gasteiger partial charge is 0.199 e. The van der Waals surface area contributed by atoms with Gasteiger partial charge in [0.25, 0.3) is 0 Å². The molecule has 0 atom stereocenters. The van der Waals surface area contributed by atoms with Crippen molar-refractivity contribution in [1.82, 2.24) is 15.1 Å². The molecule has 0 amide bonds. The average molecular weight is 459 g/mol. The predicted octanol–water partition coefficient (Wildman–Crippen LogP) is 5.14. The van der Waals surface area contributed by atoms with Crippen LogP contribution in [0, 0.1) is 0 Å². The van der Waals surface area contributed by atoms with Crippen molar-refractivity contribution in [2.75, 3.05) is 12.4 Å². The molecule has 4 rings (SSSR count). The van der Waals surface area contributed by atoms with E-state index in [2.05, 4.69) is 44.5 Å². The molecule has 0 unspecified atom stereocenters. The molecule has 8 nitrogen and oxygen atoms in total. The lowest BCUT2D eigenvalue weighted by Crippen LogP contribution is -2.22. The van der Waals surface area contributed by atoms with Gasteiger partial charge in [-0.05, 0) is 41.8 Å². The van der Waals surface area contributed by atoms with Gasteiger partial charge in [-0.25, -0.2) is 9.97 Å². The first kappa shape index (κ1) is 23.2. The molecule has 3 N–H and O–H groups in total. The van der Waals surface area contributed by atoms with Gasteiger partial charge in [0.15, 0.2) is 11.8 Å². The van der Waals surface area contributed by atoms with Gasteiger partial charge in [-0.1, -0.05) is 45.0 Å². The van der Waals surface area contributed by atoms with E-state index >= 15 is 0 Å². The van der Waals surface area contributed by atoms with Crippen LogP contribution in [0.2, 0.25) is 0 Å². The van der Waals surface area contributed by atoms with E-state index in [1.54, 1.807) is 19.5 Å². The Balaban J connectivity index is 1.55. The van der Waals surface area contributed by atoms with E-state index in [9.17, 15) is 0 Å². The first-order valence-electron chi connectivity index (χ1n) is 11.2. The van der Waals surface area contributed by atoms with Crippen molar-refractivity contribution in [3.63, 3.8) is 0 Å². The molecule has 34 heavy (non-hydrogen) atoms. The third-order valence-electron chi connectivity index (χ3n) is 5.54. The van der Waals surface area contributed by atoms with Gasteiger partial charge < -0.3 is 20.3 Å². The van der Waals surface area contributed by atoms with Crippen molar-refractivity contribution in [1.29, 1.82) is 0 Å². The summed E-state index contributed by atoms with van der Waals surface area (Å²) in [6.07, 6.45) is 3.12. The number of aryl methyl sites for hydroxylation is 1. The van der Waals surface area contributed by atoms with Crippen LogP contribution in [0.3, 0.4) is 0 Å². The monoisotopic (exact) mass is 458 g/mol. The van der Waals surface area contributed by atoms with Crippen molar-refractivity contribution < 1.29 is 9.26 Å². The minimum Gasteiger partial charge on any atom is -0.496 e. The van der Waals surface area contributed by atoms with E-state index in [4.69, 9.17) is 15.0 Å². The molecule has 0 aliphatic carbocycles. The summed E-state index contributed by atoms with van der Waals surface area (Å²) in [6, 6.07) is 13.9. The van der Waals surface area contributed by atoms with Crippen LogP contribution in [0.1, 0.15) is 50.3 Å². The van der Waals surface area contributed by atoms with Crippen LogP contribution in [-0.4, -0.2) is 28.2 Å². The lowest BCUT2D eigenvalue weighted by molar-refractivity contribution is 0.330. The quantitative estimate of drug-likeness (QED) is 0.304. The van der Waals surface area contributed by atoms with Gasteiger partial charge in [-0.3, -0.25) is 0 Å². The van der Waals surface area contributed by atoms with E-state index in [0.29, 0.717) is 12.2 Å². The van der Waals surface area contributed by atoms with Gasteiger partial charge in [-0.2, -0.15) is 4.99 Å². The summed E-state index contributed by atoms with van der Waals surface area (Å²) in [5.74, 6) is 2.27. The minimum atomic E-state index is -0.148. The van der Waals surface area contributed by atoms with Crippen molar-refractivity contribution in [3.05, 3.63) is 71.4 Å². The van der Waals surface area contributed by atoms with Gasteiger partial charge in [0, 0.05) is 29.0 Å². The van der Waals surface area contributed by atoms with Crippen LogP contribution in [0.25, 0.3) is 10.9 Å². The Labute approximate surface area is 199 Å². The molecule has 2 heterocycles. The number of aliphatic imine (C=N–C) groups is 1. The molecule has 0 bridgehead atoms. The third kappa shape index (κ3) is 5.17. The lowest BCUT2D eigenvalue weighted by atomic mass is 9.93. The number of guanidine groups is 1. The maximum absolute atomic E-state index is 6.12. The standard InChI is InChI=1S/C26H30N6O2/c1-6-17-12-21-19(13-22(17)33-5)20(28-15-29-21)11-16-8-7-9-18(10-16)30-25(27)31-24-14-23(34-32-24)26(2,3)4/h7-10,12-15H,6,11H2,1-5H3,(H3,27,30,31,32). The number of nitrogens with two attached hydrogens (primary N) is 1. The number of nitrogens with one attached hydrogen (secondary N) is 1. The maximum atomic E-state index is 6.12. The summed E-state index contributed by atoms with van der Waals surface area (Å²) < 4.78 is 10.9. The highest BCUT2D eigenvalue weighted by molar-refractivity contribution is 5.93. The van der Waals surface area contributed by atoms with Crippen LogP contribution in [0.15, 0.2) is 58.3 Å². The zero-order valence-electron chi connectivity index (χ0n) is 20.2. The molecule has 0 saturated heterocycles. The normalized spacial score (nSPS) is 12.2. The van der Waals surface area contributed by atoms with Gasteiger partial charge in [0.2, 0.25) is 0 Å². The summed E-state index contributed by atoms with van der Waals surface area (Å²) in [5, 5.41) is 8.10. The van der Waals surface area contributed by atoms with Gasteiger partial charge >= 0.3 is 0 Å². The van der Waals surface area contributed by atoms with E-state index in [0.717, 1.165) is 51.3 Å². The number of hydrogen-bond donors (Lipinski definition) is 2. The zero-order valence-corrected chi connectivity index (χ0v) is 20.2. The highest BCUT2D eigenvalue weighted by Crippen LogP contribution is 2.28. The number of aromatic nitrogens is 3. The fourth-order valence-electron chi connectivity index (χ4n) is 3.71. The van der Waals surface area contributed by atoms with Crippen LogP contribution in [0.4, 0.5) is 11.5 Å². The molecule has 2 aromatic carbocycles. The lowest BCUT2D eigenvalue weighted by Gasteiger charge is -2.12. The molecule has 0 radical (unpaired) electrons. The van der Waals surface area contributed by atoms with E-state index in [1.807, 2.05) is 45.0 Å². The molecule has 0 aliphatic rings. The Hall–Kier alpha value is -3.94. The molecule has 0 saturated carbocycles. The Morgan fingerprint density at radius 2 is 1.97 bits per heavy atom. The molecular weight excluding hydrogens is 428 g/mol. The fraction of sp³-hybridized carbons (Fsp3) is 0.308. The Kier molecular flexibility index (Phi) is 6.49. The molecule has 2 aromatic heterocycles. The van der Waals surface area contributed by atoms with E-state index in [1.165, 1.54) is 0 Å². The third-order valence-corrected chi connectivity index (χ3v) is 5.54. The second-order valence-electron chi connectivity index (χ2n) is 9.15. The first-order chi connectivity index (χ1) is 16.3. The molecule has 176 valence electrons. The molecular formula is C26H30N6O2. The maximum Gasteiger partial charge on any atom is 0.199 e. The topological polar surface area (TPSA) is 111 Å². The number of nitrogens with zero attached hydrogens (tertiary/aromatic N) is 4. The number of rotatable bonds is 6. The molecule has 0 fully saturated rings. The summed E-state index contributed by atoms with van der Waals surface area (Å²) in [5.41, 5.74) is 10.8. The Morgan fingerprint density at radius 1 is 1.15 bits per heavy atom. The fourth-order valence-corrected chi connectivity index (χ4v) is 3.71. The van der Waals surface area contributed by atoms with Crippen LogP contribution in [0.5, 0.6) is 5.75 Å². The Morgan fingerprint density at radius 3 is 2.68 bits per heavy atom. The van der Waals surface area contributed by atoms with Crippen molar-refractivity contribution in [3.8, 4) is 5.75 Å². The van der Waals surface area contributed by atoms with E-state index in [-0.39, 0.29) is 11.4 Å². The second-order valence-corrected chi connectivity index (χ2v) is 9.15. The first-order valence-corrected chi connectivity index (χ1v) is 11.2. The summed E-state index contributed by atoms with van der Waals surface area (Å²) >= 11 is 0. The number of benzene rings is 2. The predicted molar refractivity (Wildman–Crippen MR) is 135 cm³/mol. The van der Waals surface area contributed by atoms with Crippen LogP contribution in [-0.2, 0) is 18.3 Å². The van der Waals surface area contributed by atoms with Gasteiger partial charge in [-0.15, -0.1) is 0 Å². The highest BCUT2D eigenvalue weighted by Gasteiger charge is 2.19. The number of ether oxygens (including phenoxy) is 1. The minimum absolute atomic E-state index is 0.148. The van der Waals surface area contributed by atoms with Crippen LogP contribution >= 0.6 is 0 Å². The van der Waals surface area contributed by atoms with Crippen molar-refractivity contribution >= 4 is 28.4 Å². The number of anilines is 1. The van der Waals surface area contributed by atoms with Gasteiger partial charge in [0.05, 0.1) is 18.3 Å². The number of fused-ring (bicyclic) bond motifs is 1.